The van der Waals surface area contributed by atoms with Crippen molar-refractivity contribution in [1.82, 2.24) is 4.98 Å². The number of halogens is 1. The van der Waals surface area contributed by atoms with Crippen LogP contribution in [-0.4, -0.2) is 18.1 Å². The fraction of sp³-hybridized carbons (Fsp3) is 0.400. The van der Waals surface area contributed by atoms with E-state index >= 15 is 0 Å². The summed E-state index contributed by atoms with van der Waals surface area (Å²) < 4.78 is 23.6. The Hall–Kier alpha value is -2.04. The second-order valence-electron chi connectivity index (χ2n) is 4.48. The third kappa shape index (κ3) is 3.50. The minimum Gasteiger partial charge on any atom is -0.489 e. The molecule has 1 N–H and O–H groups in total. The van der Waals surface area contributed by atoms with Crippen molar-refractivity contribution in [2.45, 2.75) is 26.7 Å². The maximum Gasteiger partial charge on any atom is 0.295 e. The number of hydrogen-bond acceptors (Lipinski definition) is 4. The number of aromatic nitrogens is 1. The molecule has 1 aromatic heterocycles. The fourth-order valence-corrected chi connectivity index (χ4v) is 1.69. The predicted octanol–water partition coefficient (Wildman–Crippen LogP) is 4.29. The van der Waals surface area contributed by atoms with Gasteiger partial charge in [-0.15, -0.1) is 0 Å². The maximum atomic E-state index is 12.5. The topological polar surface area (TPSA) is 47.3 Å². The molecule has 0 unspecified atom stereocenters. The van der Waals surface area contributed by atoms with Gasteiger partial charge in [0.15, 0.2) is 5.58 Å². The molecule has 108 valence electrons. The highest BCUT2D eigenvalue weighted by atomic mass is 19.1. The summed E-state index contributed by atoms with van der Waals surface area (Å²) in [6.07, 6.45) is 2.23. The number of nitrogens with one attached hydrogen (secondary N) is 1. The minimum atomic E-state index is 0.244. The molecule has 2 rings (SSSR count). The van der Waals surface area contributed by atoms with Crippen LogP contribution in [0.4, 0.5) is 10.4 Å². The molecule has 0 fully saturated rings. The Morgan fingerprint density at radius 1 is 1.45 bits per heavy atom. The molecule has 0 saturated carbocycles. The molecule has 0 spiro atoms. The molecule has 20 heavy (non-hydrogen) atoms. The minimum absolute atomic E-state index is 0.244. The first-order valence-corrected chi connectivity index (χ1v) is 6.82. The quantitative estimate of drug-likeness (QED) is 0.820. The van der Waals surface area contributed by atoms with Gasteiger partial charge in [0.1, 0.15) is 17.9 Å². The van der Waals surface area contributed by atoms with Crippen molar-refractivity contribution in [3.05, 3.63) is 30.1 Å². The second kappa shape index (κ2) is 6.93. The van der Waals surface area contributed by atoms with Crippen LogP contribution >= 0.6 is 0 Å². The molecule has 2 aromatic rings. The lowest BCUT2D eigenvalue weighted by molar-refractivity contribution is 0.345. The molecule has 1 heterocycles. The largest absolute Gasteiger partial charge is 0.489 e. The number of rotatable bonds is 7. The highest BCUT2D eigenvalue weighted by Crippen LogP contribution is 2.24. The summed E-state index contributed by atoms with van der Waals surface area (Å²) in [4.78, 5) is 4.31. The van der Waals surface area contributed by atoms with Crippen molar-refractivity contribution in [2.24, 2.45) is 0 Å². The van der Waals surface area contributed by atoms with E-state index in [1.807, 2.05) is 13.0 Å². The van der Waals surface area contributed by atoms with Crippen LogP contribution in [0.1, 0.15) is 26.7 Å². The van der Waals surface area contributed by atoms with Crippen LogP contribution in [0.2, 0.25) is 0 Å². The lowest BCUT2D eigenvalue weighted by atomic mass is 10.2. The molecule has 0 aliphatic heterocycles. The fourth-order valence-electron chi connectivity index (χ4n) is 1.69. The summed E-state index contributed by atoms with van der Waals surface area (Å²) in [6.45, 7) is 5.02. The standard InChI is InChI=1S/C15H19FN2O2/c1-3-7-17-15-18-13-6-5-12(8-14(13)20-15)19-10-11(4-2)9-16/h5-6,8-9H,3-4,7,10H2,1-2H3,(H,17,18)/b11-9+. The van der Waals surface area contributed by atoms with E-state index in [0.717, 1.165) is 18.5 Å². The monoisotopic (exact) mass is 278 g/mol. The number of oxazole rings is 1. The molecule has 1 aromatic carbocycles. The third-order valence-electron chi connectivity index (χ3n) is 2.92. The van der Waals surface area contributed by atoms with Gasteiger partial charge in [-0.3, -0.25) is 0 Å². The number of hydrogen-bond donors (Lipinski definition) is 1. The van der Waals surface area contributed by atoms with E-state index in [1.165, 1.54) is 0 Å². The van der Waals surface area contributed by atoms with Crippen LogP contribution in [0.15, 0.2) is 34.5 Å². The van der Waals surface area contributed by atoms with Gasteiger partial charge in [0.2, 0.25) is 0 Å². The Morgan fingerprint density at radius 3 is 3.00 bits per heavy atom. The normalized spacial score (nSPS) is 11.8. The van der Waals surface area contributed by atoms with E-state index in [9.17, 15) is 4.39 Å². The smallest absolute Gasteiger partial charge is 0.295 e. The summed E-state index contributed by atoms with van der Waals surface area (Å²) in [5.74, 6) is 0.642. The van der Waals surface area contributed by atoms with Crippen molar-refractivity contribution in [3.63, 3.8) is 0 Å². The lowest BCUT2D eigenvalue weighted by Crippen LogP contribution is -1.99. The van der Waals surface area contributed by atoms with Crippen molar-refractivity contribution >= 4 is 17.1 Å². The number of nitrogens with zero attached hydrogens (tertiary/aromatic N) is 1. The first kappa shape index (κ1) is 14.4. The van der Waals surface area contributed by atoms with Gasteiger partial charge < -0.3 is 14.5 Å². The zero-order valence-electron chi connectivity index (χ0n) is 11.8. The number of ether oxygens (including phenoxy) is 1. The Kier molecular flexibility index (Phi) is 4.98. The van der Waals surface area contributed by atoms with Gasteiger partial charge in [-0.25, -0.2) is 4.39 Å². The van der Waals surface area contributed by atoms with E-state index in [-0.39, 0.29) is 6.61 Å². The molecular formula is C15H19FN2O2. The summed E-state index contributed by atoms with van der Waals surface area (Å²) in [5, 5.41) is 3.09. The molecule has 0 radical (unpaired) electrons. The van der Waals surface area contributed by atoms with Gasteiger partial charge in [0.05, 0.1) is 6.33 Å². The van der Waals surface area contributed by atoms with Crippen LogP contribution < -0.4 is 10.1 Å². The van der Waals surface area contributed by atoms with Crippen molar-refractivity contribution in [3.8, 4) is 5.75 Å². The summed E-state index contributed by atoms with van der Waals surface area (Å²) >= 11 is 0. The highest BCUT2D eigenvalue weighted by Gasteiger charge is 2.07. The van der Waals surface area contributed by atoms with E-state index < -0.39 is 0 Å². The van der Waals surface area contributed by atoms with Crippen LogP contribution in [0.5, 0.6) is 5.75 Å². The molecular weight excluding hydrogens is 259 g/mol. The first-order valence-electron chi connectivity index (χ1n) is 6.82. The van der Waals surface area contributed by atoms with E-state index in [4.69, 9.17) is 9.15 Å². The summed E-state index contributed by atoms with van der Waals surface area (Å²) in [7, 11) is 0. The first-order chi connectivity index (χ1) is 9.76. The predicted molar refractivity (Wildman–Crippen MR) is 77.8 cm³/mol. The summed E-state index contributed by atoms with van der Waals surface area (Å²) in [6, 6.07) is 5.91. The van der Waals surface area contributed by atoms with E-state index in [1.54, 1.807) is 12.1 Å². The Balaban J connectivity index is 2.08. The van der Waals surface area contributed by atoms with E-state index in [2.05, 4.69) is 17.2 Å². The van der Waals surface area contributed by atoms with Gasteiger partial charge in [-0.05, 0) is 30.5 Å². The molecule has 4 nitrogen and oxygen atoms in total. The zero-order chi connectivity index (χ0) is 14.4. The highest BCUT2D eigenvalue weighted by molar-refractivity contribution is 5.76. The van der Waals surface area contributed by atoms with Crippen molar-refractivity contribution in [2.75, 3.05) is 18.5 Å². The van der Waals surface area contributed by atoms with Crippen LogP contribution in [-0.2, 0) is 0 Å². The van der Waals surface area contributed by atoms with Crippen LogP contribution in [0.3, 0.4) is 0 Å². The molecule has 0 bridgehead atoms. The molecule has 0 saturated heterocycles. The van der Waals surface area contributed by atoms with Crippen molar-refractivity contribution in [1.29, 1.82) is 0 Å². The van der Waals surface area contributed by atoms with Crippen LogP contribution in [0, 0.1) is 0 Å². The Labute approximate surface area is 117 Å². The molecule has 0 amide bonds. The van der Waals surface area contributed by atoms with Gasteiger partial charge >= 0.3 is 0 Å². The number of fused-ring (bicyclic) bond motifs is 1. The molecule has 0 aliphatic rings. The van der Waals surface area contributed by atoms with Crippen LogP contribution in [0.25, 0.3) is 11.1 Å². The van der Waals surface area contributed by atoms with Gasteiger partial charge in [-0.1, -0.05) is 13.8 Å². The van der Waals surface area contributed by atoms with Gasteiger partial charge in [0.25, 0.3) is 6.01 Å². The van der Waals surface area contributed by atoms with Gasteiger partial charge in [0, 0.05) is 12.6 Å². The molecule has 5 heteroatoms. The SMILES string of the molecule is CCCNc1nc2ccc(OC/C(=C/F)CC)cc2o1. The Bertz CT molecular complexity index is 593. The summed E-state index contributed by atoms with van der Waals surface area (Å²) in [5.41, 5.74) is 2.05. The Morgan fingerprint density at radius 2 is 2.30 bits per heavy atom. The average molecular weight is 278 g/mol. The second-order valence-corrected chi connectivity index (χ2v) is 4.48. The average Bonchev–Trinajstić information content (AvgIpc) is 2.88. The van der Waals surface area contributed by atoms with Gasteiger partial charge in [-0.2, -0.15) is 4.98 Å². The molecule has 0 aliphatic carbocycles. The number of anilines is 1. The third-order valence-corrected chi connectivity index (χ3v) is 2.92. The number of benzene rings is 1. The maximum absolute atomic E-state index is 12.5. The van der Waals surface area contributed by atoms with Crippen molar-refractivity contribution < 1.29 is 13.5 Å². The zero-order valence-corrected chi connectivity index (χ0v) is 11.8. The lowest BCUT2D eigenvalue weighted by Gasteiger charge is -2.06. The molecule has 0 atom stereocenters. The van der Waals surface area contributed by atoms with E-state index in [0.29, 0.717) is 35.7 Å².